The van der Waals surface area contributed by atoms with Crippen molar-refractivity contribution in [2.75, 3.05) is 7.11 Å². The molecule has 0 aliphatic carbocycles. The first kappa shape index (κ1) is 19.9. The first-order chi connectivity index (χ1) is 14.5. The fourth-order valence-electron chi connectivity index (χ4n) is 4.36. The van der Waals surface area contributed by atoms with E-state index in [0.717, 1.165) is 28.5 Å². The Morgan fingerprint density at radius 3 is 2.37 bits per heavy atom. The summed E-state index contributed by atoms with van der Waals surface area (Å²) in [6.45, 7) is 3.88. The van der Waals surface area contributed by atoms with Crippen molar-refractivity contribution in [3.05, 3.63) is 94.5 Å². The molecule has 0 N–H and O–H groups in total. The minimum absolute atomic E-state index is 0.128. The summed E-state index contributed by atoms with van der Waals surface area (Å²) in [5.41, 5.74) is 2.72. The van der Waals surface area contributed by atoms with Gasteiger partial charge in [0.2, 0.25) is 11.4 Å². The Bertz CT molecular complexity index is 1090. The quantitative estimate of drug-likeness (QED) is 0.537. The number of ketones is 1. The maximum absolute atomic E-state index is 14.0. The van der Waals surface area contributed by atoms with Crippen molar-refractivity contribution >= 4 is 12.1 Å². The zero-order valence-electron chi connectivity index (χ0n) is 17.3. The molecule has 152 valence electrons. The summed E-state index contributed by atoms with van der Waals surface area (Å²) in [6.07, 6.45) is 1.02. The maximum atomic E-state index is 14.0. The Balaban J connectivity index is 1.98. The van der Waals surface area contributed by atoms with Gasteiger partial charge in [0.1, 0.15) is 17.8 Å². The molecule has 1 aliphatic rings. The molecule has 0 bridgehead atoms. The van der Waals surface area contributed by atoms with Gasteiger partial charge < -0.3 is 14.3 Å². The van der Waals surface area contributed by atoms with Gasteiger partial charge in [-0.15, -0.1) is 0 Å². The summed E-state index contributed by atoms with van der Waals surface area (Å²) in [5, 5.41) is 0. The highest BCUT2D eigenvalue weighted by Crippen LogP contribution is 2.52. The van der Waals surface area contributed by atoms with Gasteiger partial charge in [-0.3, -0.25) is 4.79 Å². The van der Waals surface area contributed by atoms with Crippen LogP contribution in [0.4, 0.5) is 0 Å². The van der Waals surface area contributed by atoms with Gasteiger partial charge in [-0.2, -0.15) is 0 Å². The van der Waals surface area contributed by atoms with E-state index in [1.807, 2.05) is 74.5 Å². The van der Waals surface area contributed by atoms with Crippen molar-refractivity contribution in [3.63, 3.8) is 0 Å². The van der Waals surface area contributed by atoms with E-state index < -0.39 is 11.5 Å². The number of ether oxygens (including phenoxy) is 2. The smallest absolute Gasteiger partial charge is 0.215 e. The normalized spacial score (nSPS) is 18.4. The molecule has 4 nitrogen and oxygen atoms in total. The minimum atomic E-state index is -1.32. The summed E-state index contributed by atoms with van der Waals surface area (Å²) < 4.78 is 11.9. The molecule has 0 saturated heterocycles. The lowest BCUT2D eigenvalue weighted by atomic mass is 9.72. The van der Waals surface area contributed by atoms with Crippen LogP contribution < -0.4 is 9.47 Å². The molecule has 0 saturated carbocycles. The van der Waals surface area contributed by atoms with Crippen LogP contribution in [0.5, 0.6) is 11.5 Å². The van der Waals surface area contributed by atoms with Crippen LogP contribution in [0.25, 0.3) is 0 Å². The lowest BCUT2D eigenvalue weighted by Crippen LogP contribution is -2.43. The monoisotopic (exact) mass is 400 g/mol. The summed E-state index contributed by atoms with van der Waals surface area (Å²) in [7, 11) is 1.59. The maximum Gasteiger partial charge on any atom is 0.215 e. The molecular formula is C26H24O4. The lowest BCUT2D eigenvalue weighted by Gasteiger charge is -2.35. The van der Waals surface area contributed by atoms with E-state index in [1.165, 1.54) is 0 Å². The van der Waals surface area contributed by atoms with Gasteiger partial charge in [0.15, 0.2) is 0 Å². The molecule has 0 fully saturated rings. The van der Waals surface area contributed by atoms with Crippen LogP contribution in [0.2, 0.25) is 0 Å². The summed E-state index contributed by atoms with van der Waals surface area (Å²) in [6, 6.07) is 21.0. The number of fused-ring (bicyclic) bond motifs is 1. The van der Waals surface area contributed by atoms with Crippen LogP contribution in [-0.4, -0.2) is 19.2 Å². The second kappa shape index (κ2) is 7.79. The van der Waals surface area contributed by atoms with Crippen LogP contribution in [0.1, 0.15) is 45.0 Å². The molecule has 3 aromatic carbocycles. The molecule has 0 unspecified atom stereocenters. The van der Waals surface area contributed by atoms with E-state index >= 15 is 0 Å². The number of benzene rings is 3. The van der Waals surface area contributed by atoms with E-state index in [0.29, 0.717) is 17.1 Å². The zero-order chi connectivity index (χ0) is 21.3. The number of Topliss-reactive ketones (excluding diaryl/α,β-unsaturated/α-hetero) is 1. The van der Waals surface area contributed by atoms with Gasteiger partial charge in [0, 0.05) is 24.0 Å². The molecule has 30 heavy (non-hydrogen) atoms. The Kier molecular flexibility index (Phi) is 5.17. The van der Waals surface area contributed by atoms with E-state index in [9.17, 15) is 9.59 Å². The molecular weight excluding hydrogens is 376 g/mol. The third-order valence-corrected chi connectivity index (χ3v) is 5.85. The number of hydrogen-bond donors (Lipinski definition) is 0. The number of methoxy groups -OCH3 is 1. The second-order valence-corrected chi connectivity index (χ2v) is 7.72. The van der Waals surface area contributed by atoms with E-state index in [4.69, 9.17) is 9.47 Å². The van der Waals surface area contributed by atoms with Crippen molar-refractivity contribution in [2.45, 2.75) is 31.8 Å². The first-order valence-electron chi connectivity index (χ1n) is 9.99. The number of hydrogen-bond acceptors (Lipinski definition) is 4. The van der Waals surface area contributed by atoms with Gasteiger partial charge >= 0.3 is 0 Å². The third-order valence-electron chi connectivity index (χ3n) is 5.85. The first-order valence-corrected chi connectivity index (χ1v) is 9.99. The Labute approximate surface area is 176 Å². The molecule has 3 aromatic rings. The van der Waals surface area contributed by atoms with E-state index in [-0.39, 0.29) is 12.2 Å². The molecule has 0 amide bonds. The zero-order valence-corrected chi connectivity index (χ0v) is 17.3. The molecule has 0 radical (unpaired) electrons. The molecule has 4 rings (SSSR count). The third kappa shape index (κ3) is 3.09. The fourth-order valence-corrected chi connectivity index (χ4v) is 4.36. The Hall–Kier alpha value is -3.40. The summed E-state index contributed by atoms with van der Waals surface area (Å²) in [5.74, 6) is 0.524. The highest BCUT2D eigenvalue weighted by Gasteiger charge is 2.55. The van der Waals surface area contributed by atoms with E-state index in [2.05, 4.69) is 0 Å². The van der Waals surface area contributed by atoms with Gasteiger partial charge in [-0.25, -0.2) is 0 Å². The topological polar surface area (TPSA) is 52.6 Å². The van der Waals surface area contributed by atoms with E-state index in [1.54, 1.807) is 13.2 Å². The summed E-state index contributed by atoms with van der Waals surface area (Å²) in [4.78, 5) is 25.8. The number of aldehydes is 1. The van der Waals surface area contributed by atoms with Crippen LogP contribution in [0.15, 0.2) is 66.7 Å². The van der Waals surface area contributed by atoms with Crippen LogP contribution >= 0.6 is 0 Å². The average Bonchev–Trinajstić information content (AvgIpc) is 3.06. The highest BCUT2D eigenvalue weighted by atomic mass is 16.5. The largest absolute Gasteiger partial charge is 0.497 e. The minimum Gasteiger partial charge on any atom is -0.497 e. The molecule has 2 atom stereocenters. The van der Waals surface area contributed by atoms with Crippen LogP contribution in [0, 0.1) is 13.8 Å². The molecule has 1 heterocycles. The van der Waals surface area contributed by atoms with Crippen molar-refractivity contribution in [1.82, 2.24) is 0 Å². The van der Waals surface area contributed by atoms with Gasteiger partial charge in [-0.05, 0) is 31.0 Å². The van der Waals surface area contributed by atoms with Crippen LogP contribution in [-0.2, 0) is 10.4 Å². The molecule has 1 aliphatic heterocycles. The Morgan fingerprint density at radius 1 is 1.03 bits per heavy atom. The lowest BCUT2D eigenvalue weighted by molar-refractivity contribution is -0.109. The van der Waals surface area contributed by atoms with Gasteiger partial charge in [0.25, 0.3) is 0 Å². The number of carbonyl (C=O) groups is 2. The predicted octanol–water partition coefficient (Wildman–Crippen LogP) is 5.16. The fraction of sp³-hybridized carbons (Fsp3) is 0.231. The number of aryl methyl sites for hydroxylation is 2. The number of rotatable bonds is 6. The van der Waals surface area contributed by atoms with Crippen molar-refractivity contribution < 1.29 is 19.1 Å². The average molecular weight is 400 g/mol. The molecule has 4 heteroatoms. The second-order valence-electron chi connectivity index (χ2n) is 7.72. The van der Waals surface area contributed by atoms with Gasteiger partial charge in [0.05, 0.1) is 12.7 Å². The van der Waals surface area contributed by atoms with Crippen molar-refractivity contribution in [2.24, 2.45) is 0 Å². The van der Waals surface area contributed by atoms with Crippen molar-refractivity contribution in [1.29, 1.82) is 0 Å². The predicted molar refractivity (Wildman–Crippen MR) is 115 cm³/mol. The molecule has 0 spiro atoms. The summed E-state index contributed by atoms with van der Waals surface area (Å²) >= 11 is 0. The SMILES string of the molecule is COc1cc(C)c2c(c1)O[C@@](c1ccc(C)cc1)([C@@H](CC=O)c1ccccc1)C2=O. The Morgan fingerprint density at radius 2 is 1.73 bits per heavy atom. The standard InChI is InChI=1S/C26H24O4/c1-17-9-11-20(12-10-17)26(22(13-14-27)19-7-5-4-6-8-19)25(28)24-18(2)15-21(29-3)16-23(24)30-26/h4-12,14-16,22H,13H2,1-3H3/t22-,26-/m0/s1. The van der Waals surface area contributed by atoms with Crippen molar-refractivity contribution in [3.8, 4) is 11.5 Å². The number of carbonyl (C=O) groups excluding carboxylic acids is 2. The van der Waals surface area contributed by atoms with Crippen LogP contribution in [0.3, 0.4) is 0 Å². The molecule has 0 aromatic heterocycles. The van der Waals surface area contributed by atoms with Gasteiger partial charge in [-0.1, -0.05) is 60.2 Å². The highest BCUT2D eigenvalue weighted by molar-refractivity contribution is 6.10.